The molecule has 0 aliphatic heterocycles. The van der Waals surface area contributed by atoms with Crippen molar-refractivity contribution >= 4 is 38.2 Å². The van der Waals surface area contributed by atoms with Crippen molar-refractivity contribution in [3.63, 3.8) is 0 Å². The fourth-order valence-electron chi connectivity index (χ4n) is 3.32. The summed E-state index contributed by atoms with van der Waals surface area (Å²) in [6.07, 6.45) is 1.75. The fourth-order valence-corrected chi connectivity index (χ4v) is 4.38. The van der Waals surface area contributed by atoms with E-state index in [1.54, 1.807) is 55.8 Å². The number of amides is 1. The van der Waals surface area contributed by atoms with Gasteiger partial charge >= 0.3 is 0 Å². The van der Waals surface area contributed by atoms with E-state index in [1.165, 1.54) is 12.1 Å². The number of carbonyl (C=O) groups excluding carboxylic acids is 1. The number of nitrogens with one attached hydrogen (secondary N) is 2. The molecule has 9 heteroatoms. The van der Waals surface area contributed by atoms with Crippen molar-refractivity contribution in [3.05, 3.63) is 90.4 Å². The molecule has 1 amide bonds. The molecule has 0 saturated carbocycles. The number of carbonyl (C=O) groups is 1. The first kappa shape index (κ1) is 22.2. The quantitative estimate of drug-likeness (QED) is 0.423. The second-order valence-electron chi connectivity index (χ2n) is 7.20. The summed E-state index contributed by atoms with van der Waals surface area (Å²) in [5.74, 6) is -0.136. The van der Waals surface area contributed by atoms with E-state index in [1.807, 2.05) is 6.07 Å². The zero-order chi connectivity index (χ0) is 23.4. The highest BCUT2D eigenvalue weighted by molar-refractivity contribution is 7.92. The summed E-state index contributed by atoms with van der Waals surface area (Å²) in [6, 6.07) is 18.1. The highest BCUT2D eigenvalue weighted by Crippen LogP contribution is 2.29. The minimum Gasteiger partial charge on any atom is -0.494 e. The first-order valence-electron chi connectivity index (χ1n) is 9.94. The van der Waals surface area contributed by atoms with E-state index in [0.29, 0.717) is 28.2 Å². The third kappa shape index (κ3) is 5.09. The molecule has 0 aliphatic rings. The number of anilines is 2. The number of methoxy groups -OCH3 is 1. The number of halogens is 1. The van der Waals surface area contributed by atoms with E-state index in [-0.39, 0.29) is 17.2 Å². The predicted octanol–water partition coefficient (Wildman–Crippen LogP) is 4.36. The Morgan fingerprint density at radius 2 is 1.73 bits per heavy atom. The van der Waals surface area contributed by atoms with Gasteiger partial charge in [0.2, 0.25) is 5.91 Å². The van der Waals surface area contributed by atoms with Crippen molar-refractivity contribution in [3.8, 4) is 5.75 Å². The first-order valence-corrected chi connectivity index (χ1v) is 11.4. The molecular formula is C24H20FN3O4S. The summed E-state index contributed by atoms with van der Waals surface area (Å²) in [7, 11) is -2.28. The second-order valence-corrected chi connectivity index (χ2v) is 8.88. The minimum atomic E-state index is -3.85. The lowest BCUT2D eigenvalue weighted by molar-refractivity contribution is -0.115. The molecule has 4 rings (SSSR count). The molecule has 4 aromatic rings. The number of benzene rings is 3. The van der Waals surface area contributed by atoms with Crippen LogP contribution in [0.25, 0.3) is 10.9 Å². The molecule has 33 heavy (non-hydrogen) atoms. The Kier molecular flexibility index (Phi) is 6.23. The normalized spacial score (nSPS) is 11.2. The van der Waals surface area contributed by atoms with Gasteiger partial charge in [0, 0.05) is 17.3 Å². The van der Waals surface area contributed by atoms with Gasteiger partial charge < -0.3 is 10.1 Å². The smallest absolute Gasteiger partial charge is 0.261 e. The maximum Gasteiger partial charge on any atom is 0.261 e. The van der Waals surface area contributed by atoms with Crippen LogP contribution in [0, 0.1) is 5.82 Å². The second kappa shape index (κ2) is 9.25. The van der Waals surface area contributed by atoms with Crippen molar-refractivity contribution in [2.45, 2.75) is 11.3 Å². The van der Waals surface area contributed by atoms with Gasteiger partial charge in [0.15, 0.2) is 0 Å². The highest BCUT2D eigenvalue weighted by atomic mass is 32.2. The first-order chi connectivity index (χ1) is 15.9. The van der Waals surface area contributed by atoms with Crippen LogP contribution in [-0.2, 0) is 21.2 Å². The van der Waals surface area contributed by atoms with Gasteiger partial charge in [-0.2, -0.15) is 0 Å². The minimum absolute atomic E-state index is 0.0476. The van der Waals surface area contributed by atoms with Gasteiger partial charge in [-0.3, -0.25) is 14.5 Å². The molecule has 0 aliphatic carbocycles. The van der Waals surface area contributed by atoms with Gasteiger partial charge in [0.05, 0.1) is 24.1 Å². The molecule has 0 radical (unpaired) electrons. The van der Waals surface area contributed by atoms with Crippen LogP contribution in [0.5, 0.6) is 5.75 Å². The van der Waals surface area contributed by atoms with Crippen LogP contribution in [-0.4, -0.2) is 26.4 Å². The van der Waals surface area contributed by atoms with Gasteiger partial charge in [0.1, 0.15) is 17.1 Å². The van der Waals surface area contributed by atoms with E-state index >= 15 is 0 Å². The third-order valence-corrected chi connectivity index (χ3v) is 6.32. The molecule has 0 unspecified atom stereocenters. The van der Waals surface area contributed by atoms with Crippen molar-refractivity contribution < 1.29 is 22.3 Å². The van der Waals surface area contributed by atoms with Crippen LogP contribution in [0.15, 0.2) is 83.9 Å². The fraction of sp³-hybridized carbons (Fsp3) is 0.0833. The van der Waals surface area contributed by atoms with Crippen LogP contribution < -0.4 is 14.8 Å². The van der Waals surface area contributed by atoms with Crippen LogP contribution in [0.2, 0.25) is 0 Å². The average molecular weight is 466 g/mol. The summed E-state index contributed by atoms with van der Waals surface area (Å²) in [6.45, 7) is 0. The lowest BCUT2D eigenvalue weighted by Gasteiger charge is -2.11. The maximum absolute atomic E-state index is 13.0. The summed E-state index contributed by atoms with van der Waals surface area (Å²) < 4.78 is 45.6. The Hall–Kier alpha value is -3.98. The Labute approximate surface area is 190 Å². The van der Waals surface area contributed by atoms with Crippen LogP contribution >= 0.6 is 0 Å². The Balaban J connectivity index is 1.44. The third-order valence-electron chi connectivity index (χ3n) is 4.92. The molecule has 7 nitrogen and oxygen atoms in total. The van der Waals surface area contributed by atoms with E-state index in [2.05, 4.69) is 15.0 Å². The standard InChI is InChI=1S/C24H20FN3O4S/c1-32-22-13-12-21(20-3-2-14-26-24(20)22)27-23(29)15-16-4-8-18(9-5-16)28-33(30,31)19-10-6-17(25)7-11-19/h2-14,28H,15H2,1H3,(H,27,29). The van der Waals surface area contributed by atoms with Crippen molar-refractivity contribution in [1.29, 1.82) is 0 Å². The SMILES string of the molecule is COc1ccc(NC(=O)Cc2ccc(NS(=O)(=O)c3ccc(F)cc3)cc2)c2cccnc12. The van der Waals surface area contributed by atoms with E-state index in [0.717, 1.165) is 17.5 Å². The van der Waals surface area contributed by atoms with E-state index in [9.17, 15) is 17.6 Å². The number of hydrogen-bond donors (Lipinski definition) is 2. The van der Waals surface area contributed by atoms with Gasteiger partial charge in [0.25, 0.3) is 10.0 Å². The van der Waals surface area contributed by atoms with Crippen LogP contribution in [0.3, 0.4) is 0 Å². The lowest BCUT2D eigenvalue weighted by atomic mass is 10.1. The molecule has 0 fully saturated rings. The molecule has 0 saturated heterocycles. The van der Waals surface area contributed by atoms with Crippen molar-refractivity contribution in [2.75, 3.05) is 17.1 Å². The number of sulfonamides is 1. The van der Waals surface area contributed by atoms with E-state index < -0.39 is 15.8 Å². The molecule has 0 atom stereocenters. The van der Waals surface area contributed by atoms with Crippen LogP contribution in [0.1, 0.15) is 5.56 Å². The van der Waals surface area contributed by atoms with Crippen molar-refractivity contribution in [1.82, 2.24) is 4.98 Å². The number of fused-ring (bicyclic) bond motifs is 1. The highest BCUT2D eigenvalue weighted by Gasteiger charge is 2.15. The molecule has 1 heterocycles. The Morgan fingerprint density at radius 1 is 1.00 bits per heavy atom. The maximum atomic E-state index is 13.0. The number of hydrogen-bond acceptors (Lipinski definition) is 5. The number of rotatable bonds is 7. The number of pyridine rings is 1. The van der Waals surface area contributed by atoms with Crippen molar-refractivity contribution in [2.24, 2.45) is 0 Å². The number of nitrogens with zero attached hydrogens (tertiary/aromatic N) is 1. The molecule has 1 aromatic heterocycles. The summed E-state index contributed by atoms with van der Waals surface area (Å²) in [4.78, 5) is 16.9. The van der Waals surface area contributed by atoms with Gasteiger partial charge in [-0.05, 0) is 66.2 Å². The summed E-state index contributed by atoms with van der Waals surface area (Å²) >= 11 is 0. The molecule has 3 aromatic carbocycles. The molecule has 0 spiro atoms. The zero-order valence-corrected chi connectivity index (χ0v) is 18.4. The van der Waals surface area contributed by atoms with E-state index in [4.69, 9.17) is 4.74 Å². The molecule has 2 N–H and O–H groups in total. The van der Waals surface area contributed by atoms with Gasteiger partial charge in [-0.15, -0.1) is 0 Å². The Morgan fingerprint density at radius 3 is 2.42 bits per heavy atom. The number of aromatic nitrogens is 1. The summed E-state index contributed by atoms with van der Waals surface area (Å²) in [5.41, 5.74) is 2.30. The van der Waals surface area contributed by atoms with Gasteiger partial charge in [-0.1, -0.05) is 12.1 Å². The lowest BCUT2D eigenvalue weighted by Crippen LogP contribution is -2.15. The number of ether oxygens (including phenoxy) is 1. The molecular weight excluding hydrogens is 445 g/mol. The molecule has 0 bridgehead atoms. The van der Waals surface area contributed by atoms with Gasteiger partial charge in [-0.25, -0.2) is 12.8 Å². The molecule has 168 valence electrons. The zero-order valence-electron chi connectivity index (χ0n) is 17.6. The largest absolute Gasteiger partial charge is 0.494 e. The average Bonchev–Trinajstić information content (AvgIpc) is 2.81. The monoisotopic (exact) mass is 465 g/mol. The van der Waals surface area contributed by atoms with Crippen LogP contribution in [0.4, 0.5) is 15.8 Å². The topological polar surface area (TPSA) is 97.4 Å². The predicted molar refractivity (Wildman–Crippen MR) is 124 cm³/mol. The Bertz CT molecular complexity index is 1410. The summed E-state index contributed by atoms with van der Waals surface area (Å²) in [5, 5.41) is 3.65.